The maximum Gasteiger partial charge on any atom is 0.243 e. The molecule has 0 bridgehead atoms. The zero-order valence-corrected chi connectivity index (χ0v) is 18.0. The molecule has 1 heterocycles. The zero-order chi connectivity index (χ0) is 19.3. The largest absolute Gasteiger partial charge is 0.492 e. The normalized spacial score (nSPS) is 15.6. The van der Waals surface area contributed by atoms with Gasteiger partial charge in [-0.3, -0.25) is 4.79 Å². The Balaban J connectivity index is 0.00000364. The molecule has 1 unspecified atom stereocenters. The first-order valence-electron chi connectivity index (χ1n) is 9.13. The van der Waals surface area contributed by atoms with E-state index in [1.807, 2.05) is 13.8 Å². The molecule has 1 aliphatic heterocycles. The lowest BCUT2D eigenvalue weighted by Crippen LogP contribution is -2.48. The van der Waals surface area contributed by atoms with Crippen LogP contribution in [0.4, 0.5) is 5.69 Å². The molecule has 1 amide bonds. The Hall–Kier alpha value is -1.35. The fourth-order valence-corrected chi connectivity index (χ4v) is 4.37. The van der Waals surface area contributed by atoms with Crippen LogP contribution in [-0.2, 0) is 14.8 Å². The Morgan fingerprint density at radius 2 is 1.93 bits per heavy atom. The molecule has 0 aliphatic carbocycles. The van der Waals surface area contributed by atoms with E-state index in [9.17, 15) is 13.2 Å². The maximum absolute atomic E-state index is 12.8. The molecule has 7 nitrogen and oxygen atoms in total. The molecule has 1 aromatic carbocycles. The highest BCUT2D eigenvalue weighted by Crippen LogP contribution is 2.30. The van der Waals surface area contributed by atoms with Gasteiger partial charge in [-0.25, -0.2) is 8.42 Å². The van der Waals surface area contributed by atoms with Crippen LogP contribution in [0.3, 0.4) is 0 Å². The van der Waals surface area contributed by atoms with Gasteiger partial charge in [-0.05, 0) is 44.1 Å². The number of sulfonamides is 1. The van der Waals surface area contributed by atoms with Gasteiger partial charge in [-0.15, -0.1) is 12.4 Å². The smallest absolute Gasteiger partial charge is 0.243 e. The molecule has 27 heavy (non-hydrogen) atoms. The van der Waals surface area contributed by atoms with Gasteiger partial charge in [0.2, 0.25) is 15.9 Å². The van der Waals surface area contributed by atoms with E-state index in [4.69, 9.17) is 4.74 Å². The van der Waals surface area contributed by atoms with Crippen LogP contribution >= 0.6 is 12.4 Å². The van der Waals surface area contributed by atoms with E-state index >= 15 is 0 Å². The second-order valence-corrected chi connectivity index (χ2v) is 8.31. The molecule has 1 saturated heterocycles. The summed E-state index contributed by atoms with van der Waals surface area (Å²) < 4.78 is 32.5. The quantitative estimate of drug-likeness (QED) is 0.641. The summed E-state index contributed by atoms with van der Waals surface area (Å²) in [6.45, 7) is 10.2. The molecule has 1 aromatic rings. The first-order chi connectivity index (χ1) is 12.3. The molecule has 1 fully saturated rings. The topological polar surface area (TPSA) is 87.7 Å². The van der Waals surface area contributed by atoms with E-state index in [2.05, 4.69) is 10.6 Å². The molecule has 0 aromatic heterocycles. The number of benzene rings is 1. The molecule has 154 valence electrons. The molecule has 0 spiro atoms. The van der Waals surface area contributed by atoms with E-state index in [1.165, 1.54) is 16.4 Å². The van der Waals surface area contributed by atoms with E-state index < -0.39 is 10.0 Å². The Morgan fingerprint density at radius 3 is 2.41 bits per heavy atom. The number of anilines is 1. The van der Waals surface area contributed by atoms with Crippen molar-refractivity contribution in [1.82, 2.24) is 9.62 Å². The van der Waals surface area contributed by atoms with Crippen molar-refractivity contribution in [2.45, 2.75) is 32.6 Å². The molecule has 9 heteroatoms. The highest BCUT2D eigenvalue weighted by atomic mass is 35.5. The van der Waals surface area contributed by atoms with Gasteiger partial charge in [0.05, 0.1) is 17.2 Å². The van der Waals surface area contributed by atoms with Crippen molar-refractivity contribution in [2.24, 2.45) is 11.8 Å². The maximum atomic E-state index is 12.8. The summed E-state index contributed by atoms with van der Waals surface area (Å²) in [5, 5.41) is 6.01. The van der Waals surface area contributed by atoms with Gasteiger partial charge in [-0.1, -0.05) is 20.8 Å². The Labute approximate surface area is 168 Å². The Kier molecular flexibility index (Phi) is 9.01. The standard InChI is InChI=1S/C18H29N3O4S.ClH/c1-5-21(6-2)26(23,24)15-8-9-17(25-7-3)16(10-15)20-18(22)13(4)14-11-19-12-14;/h8-10,13-14,19H,5-7,11-12H2,1-4H3,(H,20,22);1H. The molecular formula is C18H30ClN3O4S. The van der Waals surface area contributed by atoms with Crippen molar-refractivity contribution in [2.75, 3.05) is 38.1 Å². The molecule has 0 saturated carbocycles. The highest BCUT2D eigenvalue weighted by Gasteiger charge is 2.30. The molecular weight excluding hydrogens is 390 g/mol. The van der Waals surface area contributed by atoms with Gasteiger partial charge in [0.25, 0.3) is 0 Å². The fraction of sp³-hybridized carbons (Fsp3) is 0.611. The predicted molar refractivity (Wildman–Crippen MR) is 109 cm³/mol. The lowest BCUT2D eigenvalue weighted by molar-refractivity contribution is -0.121. The minimum atomic E-state index is -3.60. The fourth-order valence-electron chi connectivity index (χ4n) is 2.89. The lowest BCUT2D eigenvalue weighted by Gasteiger charge is -2.31. The third-order valence-corrected chi connectivity index (χ3v) is 6.83. The predicted octanol–water partition coefficient (Wildman–Crippen LogP) is 2.33. The van der Waals surface area contributed by atoms with E-state index in [-0.39, 0.29) is 29.1 Å². The summed E-state index contributed by atoms with van der Waals surface area (Å²) in [6.07, 6.45) is 0. The van der Waals surface area contributed by atoms with Gasteiger partial charge in [-0.2, -0.15) is 4.31 Å². The molecule has 1 aliphatic rings. The first-order valence-corrected chi connectivity index (χ1v) is 10.6. The number of ether oxygens (including phenoxy) is 1. The third-order valence-electron chi connectivity index (χ3n) is 4.79. The number of nitrogens with one attached hydrogen (secondary N) is 2. The van der Waals surface area contributed by atoms with Crippen LogP contribution in [0.2, 0.25) is 0 Å². The zero-order valence-electron chi connectivity index (χ0n) is 16.3. The van der Waals surface area contributed by atoms with Crippen LogP contribution < -0.4 is 15.4 Å². The average molecular weight is 420 g/mol. The van der Waals surface area contributed by atoms with Gasteiger partial charge in [0.15, 0.2) is 0 Å². The number of nitrogens with zero attached hydrogens (tertiary/aromatic N) is 1. The number of carbonyl (C=O) groups is 1. The Morgan fingerprint density at radius 1 is 1.30 bits per heavy atom. The van der Waals surface area contributed by atoms with Crippen LogP contribution in [0.25, 0.3) is 0 Å². The Bertz CT molecular complexity index is 734. The van der Waals surface area contributed by atoms with Gasteiger partial charge in [0.1, 0.15) is 5.75 Å². The number of hydrogen-bond acceptors (Lipinski definition) is 5. The van der Waals surface area contributed by atoms with Crippen molar-refractivity contribution in [3.63, 3.8) is 0 Å². The summed E-state index contributed by atoms with van der Waals surface area (Å²) >= 11 is 0. The summed E-state index contributed by atoms with van der Waals surface area (Å²) in [5.74, 6) is 0.482. The van der Waals surface area contributed by atoms with Crippen LogP contribution in [-0.4, -0.2) is 51.4 Å². The second kappa shape index (κ2) is 10.3. The van der Waals surface area contributed by atoms with E-state index in [1.54, 1.807) is 19.9 Å². The number of hydrogen-bond donors (Lipinski definition) is 2. The van der Waals surface area contributed by atoms with Gasteiger partial charge < -0.3 is 15.4 Å². The van der Waals surface area contributed by atoms with Crippen molar-refractivity contribution in [1.29, 1.82) is 0 Å². The van der Waals surface area contributed by atoms with Crippen LogP contribution in [0.1, 0.15) is 27.7 Å². The number of rotatable bonds is 9. The third kappa shape index (κ3) is 5.34. The van der Waals surface area contributed by atoms with Crippen LogP contribution in [0, 0.1) is 11.8 Å². The minimum absolute atomic E-state index is 0. The van der Waals surface area contributed by atoms with Gasteiger partial charge >= 0.3 is 0 Å². The minimum Gasteiger partial charge on any atom is -0.492 e. The molecule has 2 rings (SSSR count). The van der Waals surface area contributed by atoms with Crippen molar-refractivity contribution in [3.8, 4) is 5.75 Å². The monoisotopic (exact) mass is 419 g/mol. The van der Waals surface area contributed by atoms with E-state index in [0.29, 0.717) is 37.1 Å². The average Bonchev–Trinajstić information content (AvgIpc) is 2.55. The second-order valence-electron chi connectivity index (χ2n) is 6.38. The van der Waals surface area contributed by atoms with Crippen LogP contribution in [0.5, 0.6) is 5.75 Å². The number of halogens is 1. The van der Waals surface area contributed by atoms with Crippen molar-refractivity contribution in [3.05, 3.63) is 18.2 Å². The highest BCUT2D eigenvalue weighted by molar-refractivity contribution is 7.89. The van der Waals surface area contributed by atoms with Crippen molar-refractivity contribution < 1.29 is 17.9 Å². The summed E-state index contributed by atoms with van der Waals surface area (Å²) in [6, 6.07) is 4.61. The van der Waals surface area contributed by atoms with E-state index in [0.717, 1.165) is 13.1 Å². The summed E-state index contributed by atoms with van der Waals surface area (Å²) in [4.78, 5) is 12.7. The SMILES string of the molecule is CCOc1ccc(S(=O)(=O)N(CC)CC)cc1NC(=O)C(C)C1CNC1.Cl. The molecule has 0 radical (unpaired) electrons. The van der Waals surface area contributed by atoms with Gasteiger partial charge in [0, 0.05) is 19.0 Å². The first kappa shape index (κ1) is 23.7. The molecule has 2 N–H and O–H groups in total. The van der Waals surface area contributed by atoms with Crippen LogP contribution in [0.15, 0.2) is 23.1 Å². The number of amides is 1. The summed E-state index contributed by atoms with van der Waals surface area (Å²) in [7, 11) is -3.60. The molecule has 1 atom stereocenters. The number of carbonyl (C=O) groups excluding carboxylic acids is 1. The lowest BCUT2D eigenvalue weighted by atomic mass is 9.88. The summed E-state index contributed by atoms with van der Waals surface area (Å²) in [5.41, 5.74) is 0.393. The van der Waals surface area contributed by atoms with Crippen molar-refractivity contribution >= 4 is 34.0 Å².